The number of benzene rings is 1. The van der Waals surface area contributed by atoms with E-state index >= 15 is 0 Å². The van der Waals surface area contributed by atoms with E-state index in [1.54, 1.807) is 5.51 Å². The number of anilines is 1. The molecule has 0 aliphatic carbocycles. The van der Waals surface area contributed by atoms with E-state index in [1.807, 2.05) is 24.3 Å². The molecule has 0 spiro atoms. The van der Waals surface area contributed by atoms with Gasteiger partial charge < -0.3 is 5.32 Å². The van der Waals surface area contributed by atoms with Crippen molar-refractivity contribution in [1.82, 2.24) is 10.2 Å². The molecule has 0 radical (unpaired) electrons. The van der Waals surface area contributed by atoms with E-state index in [0.29, 0.717) is 5.75 Å². The van der Waals surface area contributed by atoms with Crippen LogP contribution in [0.2, 0.25) is 0 Å². The second kappa shape index (κ2) is 6.13. The molecule has 88 valence electrons. The lowest BCUT2D eigenvalue weighted by Gasteiger charge is -2.04. The summed E-state index contributed by atoms with van der Waals surface area (Å²) < 4.78 is 1.74. The van der Waals surface area contributed by atoms with E-state index in [-0.39, 0.29) is 5.91 Å². The molecule has 0 atom stereocenters. The number of hydrogen-bond acceptors (Lipinski definition) is 5. The minimum Gasteiger partial charge on any atom is -0.325 e. The number of carbonyl (C=O) groups is 1. The molecule has 1 N–H and O–H groups in total. The van der Waals surface area contributed by atoms with Crippen LogP contribution in [0, 0.1) is 0 Å². The van der Waals surface area contributed by atoms with Gasteiger partial charge in [-0.2, -0.15) is 0 Å². The molecule has 2 aromatic rings. The van der Waals surface area contributed by atoms with Crippen LogP contribution in [0.4, 0.5) is 5.69 Å². The molecule has 1 aromatic carbocycles. The first-order valence-corrected chi connectivity index (χ1v) is 7.34. The molecule has 0 aliphatic heterocycles. The van der Waals surface area contributed by atoms with Crippen molar-refractivity contribution in [2.45, 2.75) is 4.34 Å². The largest absolute Gasteiger partial charge is 0.325 e. The lowest BCUT2D eigenvalue weighted by molar-refractivity contribution is -0.113. The summed E-state index contributed by atoms with van der Waals surface area (Å²) in [6, 6.07) is 7.48. The number of amides is 1. The van der Waals surface area contributed by atoms with Crippen molar-refractivity contribution in [1.29, 1.82) is 0 Å². The highest BCUT2D eigenvalue weighted by Crippen LogP contribution is 2.20. The van der Waals surface area contributed by atoms with E-state index in [4.69, 9.17) is 0 Å². The Bertz CT molecular complexity index is 504. The lowest BCUT2D eigenvalue weighted by atomic mass is 10.3. The van der Waals surface area contributed by atoms with Crippen LogP contribution in [-0.2, 0) is 4.79 Å². The van der Waals surface area contributed by atoms with Gasteiger partial charge in [0.25, 0.3) is 0 Å². The van der Waals surface area contributed by atoms with Crippen molar-refractivity contribution < 1.29 is 4.79 Å². The van der Waals surface area contributed by atoms with Gasteiger partial charge >= 0.3 is 0 Å². The van der Waals surface area contributed by atoms with Gasteiger partial charge in [-0.05, 0) is 18.2 Å². The van der Waals surface area contributed by atoms with Crippen LogP contribution >= 0.6 is 39.0 Å². The molecule has 0 saturated carbocycles. The van der Waals surface area contributed by atoms with Gasteiger partial charge in [-0.25, -0.2) is 0 Å². The van der Waals surface area contributed by atoms with Crippen LogP contribution < -0.4 is 5.32 Å². The predicted octanol–water partition coefficient (Wildman–Crippen LogP) is 3.03. The number of hydrogen-bond donors (Lipinski definition) is 1. The summed E-state index contributed by atoms with van der Waals surface area (Å²) in [6.07, 6.45) is 0. The average Bonchev–Trinajstić information content (AvgIpc) is 2.79. The molecular formula is C10H8BrN3OS2. The molecular weight excluding hydrogens is 322 g/mol. The van der Waals surface area contributed by atoms with E-state index in [0.717, 1.165) is 14.5 Å². The van der Waals surface area contributed by atoms with Crippen LogP contribution in [0.25, 0.3) is 0 Å². The summed E-state index contributed by atoms with van der Waals surface area (Å²) in [4.78, 5) is 11.6. The Hall–Kier alpha value is -0.920. The van der Waals surface area contributed by atoms with E-state index < -0.39 is 0 Å². The van der Waals surface area contributed by atoms with Crippen LogP contribution in [0.1, 0.15) is 0 Å². The second-order valence-electron chi connectivity index (χ2n) is 3.05. The van der Waals surface area contributed by atoms with Crippen LogP contribution in [0.3, 0.4) is 0 Å². The molecule has 1 aromatic heterocycles. The zero-order valence-electron chi connectivity index (χ0n) is 8.59. The fourth-order valence-electron chi connectivity index (χ4n) is 1.12. The second-order valence-corrected chi connectivity index (χ2v) is 6.02. The van der Waals surface area contributed by atoms with Crippen LogP contribution in [0.15, 0.2) is 38.6 Å². The first-order valence-electron chi connectivity index (χ1n) is 4.68. The summed E-state index contributed by atoms with van der Waals surface area (Å²) in [5.74, 6) is 0.283. The highest BCUT2D eigenvalue weighted by molar-refractivity contribution is 9.10. The standard InChI is InChI=1S/C10H8BrN3OS2/c11-7-2-1-3-8(4-7)13-9(15)5-16-10-14-12-6-17-10/h1-4,6H,5H2,(H,13,15). The molecule has 1 heterocycles. The Kier molecular flexibility index (Phi) is 4.52. The molecule has 0 aliphatic rings. The molecule has 0 saturated heterocycles. The van der Waals surface area contributed by atoms with Gasteiger partial charge in [0, 0.05) is 10.2 Å². The summed E-state index contributed by atoms with van der Waals surface area (Å²) in [5.41, 5.74) is 2.43. The lowest BCUT2D eigenvalue weighted by Crippen LogP contribution is -2.13. The first kappa shape index (κ1) is 12.5. The fraction of sp³-hybridized carbons (Fsp3) is 0.100. The van der Waals surface area contributed by atoms with E-state index in [1.165, 1.54) is 23.1 Å². The van der Waals surface area contributed by atoms with E-state index in [2.05, 4.69) is 31.4 Å². The molecule has 0 unspecified atom stereocenters. The predicted molar refractivity (Wildman–Crippen MR) is 73.4 cm³/mol. The highest BCUT2D eigenvalue weighted by Gasteiger charge is 2.05. The summed E-state index contributed by atoms with van der Waals surface area (Å²) in [5, 5.41) is 10.4. The number of rotatable bonds is 4. The van der Waals surface area contributed by atoms with Crippen molar-refractivity contribution in [3.63, 3.8) is 0 Å². The number of nitrogens with one attached hydrogen (secondary N) is 1. The summed E-state index contributed by atoms with van der Waals surface area (Å²) >= 11 is 6.16. The van der Waals surface area contributed by atoms with Gasteiger partial charge in [0.15, 0.2) is 4.34 Å². The highest BCUT2D eigenvalue weighted by atomic mass is 79.9. The molecule has 0 fully saturated rings. The topological polar surface area (TPSA) is 54.9 Å². The molecule has 2 rings (SSSR count). The molecule has 1 amide bonds. The maximum atomic E-state index is 11.6. The van der Waals surface area contributed by atoms with Crippen LogP contribution in [0.5, 0.6) is 0 Å². The number of thioether (sulfide) groups is 1. The maximum Gasteiger partial charge on any atom is 0.234 e. The number of halogens is 1. The average molecular weight is 330 g/mol. The van der Waals surface area contributed by atoms with Crippen molar-refractivity contribution in [2.24, 2.45) is 0 Å². The number of aromatic nitrogens is 2. The third kappa shape index (κ3) is 4.10. The van der Waals surface area contributed by atoms with Gasteiger partial charge in [-0.15, -0.1) is 10.2 Å². The molecule has 17 heavy (non-hydrogen) atoms. The summed E-state index contributed by atoms with van der Waals surface area (Å²) in [7, 11) is 0. The first-order chi connectivity index (χ1) is 8.24. The SMILES string of the molecule is O=C(CSc1nncs1)Nc1cccc(Br)c1. The number of carbonyl (C=O) groups excluding carboxylic acids is 1. The monoisotopic (exact) mass is 329 g/mol. The summed E-state index contributed by atoms with van der Waals surface area (Å²) in [6.45, 7) is 0. The van der Waals surface area contributed by atoms with Gasteiger partial charge in [0.05, 0.1) is 5.75 Å². The zero-order chi connectivity index (χ0) is 12.1. The van der Waals surface area contributed by atoms with Gasteiger partial charge in [-0.3, -0.25) is 4.79 Å². The Morgan fingerprint density at radius 1 is 1.53 bits per heavy atom. The van der Waals surface area contributed by atoms with Crippen molar-refractivity contribution in [3.05, 3.63) is 34.2 Å². The fourth-order valence-corrected chi connectivity index (χ4v) is 2.80. The van der Waals surface area contributed by atoms with E-state index in [9.17, 15) is 4.79 Å². The van der Waals surface area contributed by atoms with Crippen LogP contribution in [-0.4, -0.2) is 21.9 Å². The molecule has 0 bridgehead atoms. The molecule has 7 heteroatoms. The number of nitrogens with zero attached hydrogens (tertiary/aromatic N) is 2. The van der Waals surface area contributed by atoms with Crippen molar-refractivity contribution in [3.8, 4) is 0 Å². The van der Waals surface area contributed by atoms with Gasteiger partial charge in [0.2, 0.25) is 5.91 Å². The van der Waals surface area contributed by atoms with Crippen molar-refractivity contribution >= 4 is 50.6 Å². The zero-order valence-corrected chi connectivity index (χ0v) is 11.8. The minimum atomic E-state index is -0.0525. The van der Waals surface area contributed by atoms with Gasteiger partial charge in [-0.1, -0.05) is 45.1 Å². The Morgan fingerprint density at radius 2 is 2.41 bits per heavy atom. The van der Waals surface area contributed by atoms with Gasteiger partial charge in [0.1, 0.15) is 5.51 Å². The Labute approximate surface area is 115 Å². The quantitative estimate of drug-likeness (QED) is 0.876. The normalized spacial score (nSPS) is 10.2. The van der Waals surface area contributed by atoms with Crippen molar-refractivity contribution in [2.75, 3.05) is 11.1 Å². The minimum absolute atomic E-state index is 0.0525. The molecule has 4 nitrogen and oxygen atoms in total. The Morgan fingerprint density at radius 3 is 3.12 bits per heavy atom. The smallest absolute Gasteiger partial charge is 0.234 e. The third-order valence-corrected chi connectivity index (χ3v) is 4.13. The maximum absolute atomic E-state index is 11.6. The Balaban J connectivity index is 1.85. The third-order valence-electron chi connectivity index (χ3n) is 1.78.